The van der Waals surface area contributed by atoms with Gasteiger partial charge in [-0.05, 0) is 46.5 Å². The molecule has 0 amide bonds. The summed E-state index contributed by atoms with van der Waals surface area (Å²) in [4.78, 5) is 0. The van der Waals surface area contributed by atoms with Crippen molar-refractivity contribution in [1.29, 1.82) is 0 Å². The quantitative estimate of drug-likeness (QED) is 0.846. The van der Waals surface area contributed by atoms with Gasteiger partial charge in [-0.25, -0.2) is 4.68 Å². The molecule has 1 aromatic heterocycles. The first kappa shape index (κ1) is 11.6. The third-order valence-electron chi connectivity index (χ3n) is 3.16. The number of hydrogen-bond donors (Lipinski definition) is 1. The number of rotatable bonds is 4. The van der Waals surface area contributed by atoms with Crippen molar-refractivity contribution >= 4 is 0 Å². The lowest BCUT2D eigenvalue weighted by atomic mass is 10.1. The van der Waals surface area contributed by atoms with Gasteiger partial charge in [0.15, 0.2) is 0 Å². The van der Waals surface area contributed by atoms with Gasteiger partial charge in [0.2, 0.25) is 0 Å². The lowest BCUT2D eigenvalue weighted by Gasteiger charge is -2.17. The Morgan fingerprint density at radius 2 is 2.19 bits per heavy atom. The lowest BCUT2D eigenvalue weighted by molar-refractivity contribution is 0.346. The van der Waals surface area contributed by atoms with E-state index in [9.17, 15) is 0 Å². The summed E-state index contributed by atoms with van der Waals surface area (Å²) in [5.74, 6) is 0.887. The predicted molar refractivity (Wildman–Crippen MR) is 64.0 cm³/mol. The van der Waals surface area contributed by atoms with E-state index in [0.29, 0.717) is 6.04 Å². The fourth-order valence-corrected chi connectivity index (χ4v) is 1.74. The summed E-state index contributed by atoms with van der Waals surface area (Å²) in [5.41, 5.74) is 1.05. The lowest BCUT2D eigenvalue weighted by Crippen LogP contribution is -2.27. The maximum Gasteiger partial charge on any atom is 0.0965 e. The van der Waals surface area contributed by atoms with E-state index in [0.717, 1.165) is 18.2 Å². The molecule has 1 atom stereocenters. The molecule has 1 unspecified atom stereocenters. The number of hydrogen-bond acceptors (Lipinski definition) is 3. The summed E-state index contributed by atoms with van der Waals surface area (Å²) in [7, 11) is 0. The van der Waals surface area contributed by atoms with Crippen molar-refractivity contribution in [3.8, 4) is 0 Å². The van der Waals surface area contributed by atoms with Crippen molar-refractivity contribution < 1.29 is 0 Å². The van der Waals surface area contributed by atoms with Gasteiger partial charge in [-0.3, -0.25) is 0 Å². The molecular weight excluding hydrogens is 200 g/mol. The normalized spacial score (nSPS) is 18.8. The standard InChI is InChI=1S/C12H22N4/c1-9(10-5-6-10)13-7-11-8-16(15-14-11)12(2,3)4/h8-10,13H,5-7H2,1-4H3. The maximum absolute atomic E-state index is 4.18. The first-order valence-corrected chi connectivity index (χ1v) is 6.12. The van der Waals surface area contributed by atoms with Crippen LogP contribution in [0.1, 0.15) is 46.2 Å². The average molecular weight is 222 g/mol. The van der Waals surface area contributed by atoms with Gasteiger partial charge in [0.1, 0.15) is 0 Å². The Kier molecular flexibility index (Phi) is 3.02. The third-order valence-corrected chi connectivity index (χ3v) is 3.16. The minimum atomic E-state index is 0.0212. The van der Waals surface area contributed by atoms with Crippen LogP contribution in [-0.4, -0.2) is 21.0 Å². The van der Waals surface area contributed by atoms with Crippen LogP contribution in [0.4, 0.5) is 0 Å². The van der Waals surface area contributed by atoms with Crippen LogP contribution < -0.4 is 5.32 Å². The van der Waals surface area contributed by atoms with Crippen molar-refractivity contribution in [2.75, 3.05) is 0 Å². The van der Waals surface area contributed by atoms with Gasteiger partial charge < -0.3 is 5.32 Å². The molecular formula is C12H22N4. The van der Waals surface area contributed by atoms with Crippen molar-refractivity contribution in [1.82, 2.24) is 20.3 Å². The Labute approximate surface area is 97.4 Å². The Hall–Kier alpha value is -0.900. The summed E-state index contributed by atoms with van der Waals surface area (Å²) in [6.45, 7) is 9.47. The zero-order valence-electron chi connectivity index (χ0n) is 10.7. The predicted octanol–water partition coefficient (Wildman–Crippen LogP) is 1.92. The van der Waals surface area contributed by atoms with Crippen LogP contribution in [0.15, 0.2) is 6.20 Å². The van der Waals surface area contributed by atoms with Gasteiger partial charge in [-0.2, -0.15) is 0 Å². The molecule has 90 valence electrons. The van der Waals surface area contributed by atoms with Crippen LogP contribution in [0.25, 0.3) is 0 Å². The zero-order chi connectivity index (χ0) is 11.8. The van der Waals surface area contributed by atoms with Gasteiger partial charge in [0, 0.05) is 12.6 Å². The zero-order valence-corrected chi connectivity index (χ0v) is 10.7. The molecule has 2 rings (SSSR count). The van der Waals surface area contributed by atoms with Crippen LogP contribution >= 0.6 is 0 Å². The van der Waals surface area contributed by atoms with E-state index in [1.807, 2.05) is 10.9 Å². The van der Waals surface area contributed by atoms with Crippen LogP contribution in [0.5, 0.6) is 0 Å². The highest BCUT2D eigenvalue weighted by Crippen LogP contribution is 2.32. The maximum atomic E-state index is 4.18. The molecule has 1 heterocycles. The summed E-state index contributed by atoms with van der Waals surface area (Å²) in [6.07, 6.45) is 4.79. The average Bonchev–Trinajstić information content (AvgIpc) is 2.92. The van der Waals surface area contributed by atoms with Crippen molar-refractivity contribution in [2.24, 2.45) is 5.92 Å². The number of aromatic nitrogens is 3. The number of nitrogens with one attached hydrogen (secondary N) is 1. The van der Waals surface area contributed by atoms with Crippen LogP contribution in [0.3, 0.4) is 0 Å². The van der Waals surface area contributed by atoms with E-state index in [2.05, 4.69) is 43.3 Å². The Morgan fingerprint density at radius 1 is 1.50 bits per heavy atom. The van der Waals surface area contributed by atoms with Crippen LogP contribution in [0.2, 0.25) is 0 Å². The van der Waals surface area contributed by atoms with E-state index >= 15 is 0 Å². The molecule has 0 aliphatic heterocycles. The first-order valence-electron chi connectivity index (χ1n) is 6.12. The summed E-state index contributed by atoms with van der Waals surface area (Å²) in [5, 5.41) is 11.8. The minimum Gasteiger partial charge on any atom is -0.308 e. The van der Waals surface area contributed by atoms with E-state index in [1.165, 1.54) is 12.8 Å². The molecule has 1 aromatic rings. The van der Waals surface area contributed by atoms with E-state index in [-0.39, 0.29) is 5.54 Å². The molecule has 1 N–H and O–H groups in total. The molecule has 1 aliphatic rings. The van der Waals surface area contributed by atoms with Gasteiger partial charge >= 0.3 is 0 Å². The fraction of sp³-hybridized carbons (Fsp3) is 0.833. The third kappa shape index (κ3) is 2.82. The second-order valence-electron chi connectivity index (χ2n) is 5.83. The van der Waals surface area contributed by atoms with Crippen LogP contribution in [-0.2, 0) is 12.1 Å². The molecule has 0 aromatic carbocycles. The van der Waals surface area contributed by atoms with Crippen LogP contribution in [0, 0.1) is 5.92 Å². The molecule has 0 bridgehead atoms. The summed E-state index contributed by atoms with van der Waals surface area (Å²) < 4.78 is 1.92. The first-order chi connectivity index (χ1) is 7.47. The van der Waals surface area contributed by atoms with Gasteiger partial charge in [0.05, 0.1) is 17.4 Å². The molecule has 1 saturated carbocycles. The molecule has 0 spiro atoms. The number of nitrogens with zero attached hydrogens (tertiary/aromatic N) is 3. The summed E-state index contributed by atoms with van der Waals surface area (Å²) in [6, 6.07) is 0.611. The largest absolute Gasteiger partial charge is 0.308 e. The molecule has 1 fully saturated rings. The second kappa shape index (κ2) is 4.17. The van der Waals surface area contributed by atoms with Crippen molar-refractivity contribution in [3.63, 3.8) is 0 Å². The Bertz CT molecular complexity index is 346. The minimum absolute atomic E-state index is 0.0212. The van der Waals surface area contributed by atoms with Crippen molar-refractivity contribution in [3.05, 3.63) is 11.9 Å². The van der Waals surface area contributed by atoms with Gasteiger partial charge in [0.25, 0.3) is 0 Å². The van der Waals surface area contributed by atoms with E-state index < -0.39 is 0 Å². The Morgan fingerprint density at radius 3 is 2.69 bits per heavy atom. The molecule has 0 saturated heterocycles. The van der Waals surface area contributed by atoms with Crippen molar-refractivity contribution in [2.45, 2.75) is 58.7 Å². The molecule has 1 aliphatic carbocycles. The highest BCUT2D eigenvalue weighted by atomic mass is 15.4. The Balaban J connectivity index is 1.87. The van der Waals surface area contributed by atoms with Gasteiger partial charge in [-0.15, -0.1) is 5.10 Å². The molecule has 16 heavy (non-hydrogen) atoms. The smallest absolute Gasteiger partial charge is 0.0965 e. The molecule has 4 nitrogen and oxygen atoms in total. The highest BCUT2D eigenvalue weighted by molar-refractivity contribution is 4.95. The van der Waals surface area contributed by atoms with E-state index in [1.54, 1.807) is 0 Å². The second-order valence-corrected chi connectivity index (χ2v) is 5.83. The fourth-order valence-electron chi connectivity index (χ4n) is 1.74. The molecule has 4 heteroatoms. The SMILES string of the molecule is CC(NCc1cn(C(C)(C)C)nn1)C1CC1. The topological polar surface area (TPSA) is 42.7 Å². The van der Waals surface area contributed by atoms with E-state index in [4.69, 9.17) is 0 Å². The highest BCUT2D eigenvalue weighted by Gasteiger charge is 2.27. The molecule has 0 radical (unpaired) electrons. The monoisotopic (exact) mass is 222 g/mol. The summed E-state index contributed by atoms with van der Waals surface area (Å²) >= 11 is 0. The van der Waals surface area contributed by atoms with Gasteiger partial charge in [-0.1, -0.05) is 5.21 Å².